The predicted octanol–water partition coefficient (Wildman–Crippen LogP) is 2.94. The zero-order valence-corrected chi connectivity index (χ0v) is 14.1. The maximum atomic E-state index is 12.9. The third-order valence-corrected chi connectivity index (χ3v) is 5.52. The highest BCUT2D eigenvalue weighted by Gasteiger charge is 2.30. The molecule has 1 aromatic carbocycles. The smallest absolute Gasteiger partial charge is 0.243 e. The first-order valence-corrected chi connectivity index (χ1v) is 8.40. The third kappa shape index (κ3) is 3.52. The van der Waals surface area contributed by atoms with E-state index in [1.807, 2.05) is 27.7 Å². The standard InChI is InChI=1S/C15H26N2O2S/c1-10(2)9-17(11(3)4)20(18,19)15-12(5)7-14(16)8-13(15)6/h7-8,10-11H,9,16H2,1-6H3. The molecule has 0 fully saturated rings. The molecule has 1 rings (SSSR count). The van der Waals surface area contributed by atoms with Crippen LogP contribution in [0.15, 0.2) is 17.0 Å². The van der Waals surface area contributed by atoms with Crippen LogP contribution in [0.4, 0.5) is 5.69 Å². The maximum absolute atomic E-state index is 12.9. The molecule has 0 heterocycles. The Morgan fingerprint density at radius 1 is 1.10 bits per heavy atom. The van der Waals surface area contributed by atoms with Gasteiger partial charge in [0.2, 0.25) is 10.0 Å². The van der Waals surface area contributed by atoms with Crippen LogP contribution in [-0.2, 0) is 10.0 Å². The molecule has 5 heteroatoms. The molecule has 20 heavy (non-hydrogen) atoms. The molecule has 0 aliphatic heterocycles. The number of nitrogens with zero attached hydrogens (tertiary/aromatic N) is 1. The van der Waals surface area contributed by atoms with Crippen LogP contribution in [0.5, 0.6) is 0 Å². The maximum Gasteiger partial charge on any atom is 0.243 e. The number of hydrogen-bond donors (Lipinski definition) is 1. The van der Waals surface area contributed by atoms with Crippen LogP contribution in [0, 0.1) is 19.8 Å². The number of benzene rings is 1. The lowest BCUT2D eigenvalue weighted by Crippen LogP contribution is -2.40. The lowest BCUT2D eigenvalue weighted by Gasteiger charge is -2.29. The minimum absolute atomic E-state index is 0.0706. The van der Waals surface area contributed by atoms with Gasteiger partial charge in [-0.05, 0) is 56.9 Å². The molecule has 0 radical (unpaired) electrons. The average Bonchev–Trinajstić information content (AvgIpc) is 2.22. The molecule has 0 saturated heterocycles. The fourth-order valence-corrected chi connectivity index (χ4v) is 4.67. The van der Waals surface area contributed by atoms with Crippen LogP contribution >= 0.6 is 0 Å². The van der Waals surface area contributed by atoms with Gasteiger partial charge in [0.15, 0.2) is 0 Å². The molecule has 0 spiro atoms. The van der Waals surface area contributed by atoms with Crippen molar-refractivity contribution in [1.29, 1.82) is 0 Å². The molecular formula is C15H26N2O2S. The van der Waals surface area contributed by atoms with Crippen LogP contribution in [0.1, 0.15) is 38.8 Å². The lowest BCUT2D eigenvalue weighted by molar-refractivity contribution is 0.318. The zero-order chi connectivity index (χ0) is 15.7. The van der Waals surface area contributed by atoms with Gasteiger partial charge in [-0.1, -0.05) is 13.8 Å². The minimum Gasteiger partial charge on any atom is -0.399 e. The second-order valence-corrected chi connectivity index (χ2v) is 7.87. The van der Waals surface area contributed by atoms with Crippen molar-refractivity contribution < 1.29 is 8.42 Å². The Morgan fingerprint density at radius 3 is 1.90 bits per heavy atom. The first-order valence-electron chi connectivity index (χ1n) is 6.96. The van der Waals surface area contributed by atoms with Crippen molar-refractivity contribution in [1.82, 2.24) is 4.31 Å². The van der Waals surface area contributed by atoms with Gasteiger partial charge in [-0.15, -0.1) is 0 Å². The number of sulfonamides is 1. The molecule has 0 bridgehead atoms. The monoisotopic (exact) mass is 298 g/mol. The largest absolute Gasteiger partial charge is 0.399 e. The fraction of sp³-hybridized carbons (Fsp3) is 0.600. The van der Waals surface area contributed by atoms with Crippen molar-refractivity contribution in [3.63, 3.8) is 0 Å². The average molecular weight is 298 g/mol. The van der Waals surface area contributed by atoms with Gasteiger partial charge >= 0.3 is 0 Å². The number of nitrogens with two attached hydrogens (primary N) is 1. The van der Waals surface area contributed by atoms with E-state index in [-0.39, 0.29) is 12.0 Å². The Hall–Kier alpha value is -1.07. The summed E-state index contributed by atoms with van der Waals surface area (Å²) in [4.78, 5) is 0.390. The van der Waals surface area contributed by atoms with E-state index in [1.165, 1.54) is 0 Å². The highest BCUT2D eigenvalue weighted by Crippen LogP contribution is 2.27. The molecule has 0 aromatic heterocycles. The molecule has 114 valence electrons. The van der Waals surface area contributed by atoms with Gasteiger partial charge in [0.05, 0.1) is 4.90 Å². The van der Waals surface area contributed by atoms with Gasteiger partial charge in [-0.2, -0.15) is 4.31 Å². The van der Waals surface area contributed by atoms with E-state index in [1.54, 1.807) is 30.3 Å². The van der Waals surface area contributed by atoms with E-state index < -0.39 is 10.0 Å². The summed E-state index contributed by atoms with van der Waals surface area (Å²) >= 11 is 0. The molecular weight excluding hydrogens is 272 g/mol. The van der Waals surface area contributed by atoms with Crippen LogP contribution in [0.3, 0.4) is 0 Å². The summed E-state index contributed by atoms with van der Waals surface area (Å²) in [5, 5.41) is 0. The van der Waals surface area contributed by atoms with Crippen molar-refractivity contribution in [2.45, 2.75) is 52.5 Å². The summed E-state index contributed by atoms with van der Waals surface area (Å²) in [6, 6.07) is 3.36. The summed E-state index contributed by atoms with van der Waals surface area (Å²) in [6.07, 6.45) is 0. The number of rotatable bonds is 5. The van der Waals surface area contributed by atoms with Gasteiger partial charge in [0.25, 0.3) is 0 Å². The Labute approximate surface area is 123 Å². The lowest BCUT2D eigenvalue weighted by atomic mass is 10.1. The SMILES string of the molecule is Cc1cc(N)cc(C)c1S(=O)(=O)N(CC(C)C)C(C)C. The van der Waals surface area contributed by atoms with Crippen LogP contribution in [0.2, 0.25) is 0 Å². The summed E-state index contributed by atoms with van der Waals surface area (Å²) in [5.41, 5.74) is 7.79. The summed E-state index contributed by atoms with van der Waals surface area (Å²) in [6.45, 7) is 12.0. The molecule has 2 N–H and O–H groups in total. The number of anilines is 1. The molecule has 4 nitrogen and oxygen atoms in total. The van der Waals surface area contributed by atoms with Crippen LogP contribution < -0.4 is 5.73 Å². The topological polar surface area (TPSA) is 63.4 Å². The Kier molecular flexibility index (Phi) is 5.21. The number of hydrogen-bond acceptors (Lipinski definition) is 3. The van der Waals surface area contributed by atoms with E-state index in [2.05, 4.69) is 0 Å². The van der Waals surface area contributed by atoms with Crippen molar-refractivity contribution in [2.24, 2.45) is 5.92 Å². The first kappa shape index (κ1) is 17.0. The Bertz CT molecular complexity index is 555. The normalized spacial score (nSPS) is 12.7. The predicted molar refractivity (Wildman–Crippen MR) is 84.2 cm³/mol. The number of nitrogen functional groups attached to an aromatic ring is 1. The first-order chi connectivity index (χ1) is 9.07. The number of aryl methyl sites for hydroxylation is 2. The summed E-state index contributed by atoms with van der Waals surface area (Å²) in [7, 11) is -3.50. The van der Waals surface area contributed by atoms with E-state index in [9.17, 15) is 8.42 Å². The molecule has 0 unspecified atom stereocenters. The van der Waals surface area contributed by atoms with Crippen LogP contribution in [-0.4, -0.2) is 25.3 Å². The van der Waals surface area contributed by atoms with Gasteiger partial charge in [0.1, 0.15) is 0 Å². The summed E-state index contributed by atoms with van der Waals surface area (Å²) < 4.78 is 27.5. The molecule has 0 saturated carbocycles. The van der Waals surface area contributed by atoms with Gasteiger partial charge < -0.3 is 5.73 Å². The quantitative estimate of drug-likeness (QED) is 0.850. The van der Waals surface area contributed by atoms with Gasteiger partial charge in [-0.3, -0.25) is 0 Å². The Balaban J connectivity index is 3.41. The van der Waals surface area contributed by atoms with Crippen molar-refractivity contribution >= 4 is 15.7 Å². The molecule has 0 amide bonds. The van der Waals surface area contributed by atoms with E-state index in [0.717, 1.165) is 0 Å². The highest BCUT2D eigenvalue weighted by molar-refractivity contribution is 7.89. The van der Waals surface area contributed by atoms with Gasteiger partial charge in [-0.25, -0.2) is 8.42 Å². The zero-order valence-electron chi connectivity index (χ0n) is 13.3. The van der Waals surface area contributed by atoms with Crippen molar-refractivity contribution in [3.05, 3.63) is 23.3 Å². The minimum atomic E-state index is -3.50. The van der Waals surface area contributed by atoms with Crippen LogP contribution in [0.25, 0.3) is 0 Å². The third-order valence-electron chi connectivity index (χ3n) is 3.17. The van der Waals surface area contributed by atoms with Crippen molar-refractivity contribution in [2.75, 3.05) is 12.3 Å². The fourth-order valence-electron chi connectivity index (χ4n) is 2.45. The molecule has 0 aliphatic rings. The molecule has 0 aliphatic carbocycles. The van der Waals surface area contributed by atoms with E-state index >= 15 is 0 Å². The van der Waals surface area contributed by atoms with E-state index in [0.29, 0.717) is 28.3 Å². The highest BCUT2D eigenvalue weighted by atomic mass is 32.2. The Morgan fingerprint density at radius 2 is 1.55 bits per heavy atom. The summed E-state index contributed by atoms with van der Waals surface area (Å²) in [5.74, 6) is 0.279. The van der Waals surface area contributed by atoms with E-state index in [4.69, 9.17) is 5.73 Å². The molecule has 1 aromatic rings. The van der Waals surface area contributed by atoms with Gasteiger partial charge in [0, 0.05) is 18.3 Å². The second kappa shape index (κ2) is 6.14. The second-order valence-electron chi connectivity index (χ2n) is 6.05. The van der Waals surface area contributed by atoms with Crippen molar-refractivity contribution in [3.8, 4) is 0 Å². The molecule has 0 atom stereocenters.